The van der Waals surface area contributed by atoms with Gasteiger partial charge in [0.15, 0.2) is 9.84 Å². The largest absolute Gasteiger partial charge is 0.497 e. The summed E-state index contributed by atoms with van der Waals surface area (Å²) in [5.74, 6) is 1.33. The summed E-state index contributed by atoms with van der Waals surface area (Å²) in [6.45, 7) is 0. The molecular weight excluding hydrogens is 454 g/mol. The van der Waals surface area contributed by atoms with Crippen LogP contribution in [0.5, 0.6) is 5.75 Å². The van der Waals surface area contributed by atoms with Crippen LogP contribution >= 0.6 is 11.3 Å². The molecule has 2 aromatic carbocycles. The standard InChI is InChI=1S/C25H23N3O3S2/c1-31-20-8-4-6-17(12-20)23-13-21-22(32-23)10-9-18-14-26-25(28-24(18)21)27-19-7-3-5-16(11-19)15-33(2,29)30/h3-8,11-14H,9-10,15H2,1-2H3,(H,26,27,28). The molecule has 1 aliphatic rings. The van der Waals surface area contributed by atoms with Crippen molar-refractivity contribution in [3.05, 3.63) is 76.8 Å². The molecule has 0 spiro atoms. The number of anilines is 2. The van der Waals surface area contributed by atoms with Crippen LogP contribution < -0.4 is 10.1 Å². The first-order valence-electron chi connectivity index (χ1n) is 10.5. The van der Waals surface area contributed by atoms with Crippen molar-refractivity contribution in [2.75, 3.05) is 18.7 Å². The zero-order valence-electron chi connectivity index (χ0n) is 18.3. The average Bonchev–Trinajstić information content (AvgIpc) is 3.23. The number of nitrogens with one attached hydrogen (secondary N) is 1. The molecule has 0 saturated carbocycles. The fraction of sp³-hybridized carbons (Fsp3) is 0.200. The summed E-state index contributed by atoms with van der Waals surface area (Å²) in [7, 11) is -1.43. The van der Waals surface area contributed by atoms with E-state index in [-0.39, 0.29) is 5.75 Å². The Hall–Kier alpha value is -3.23. The van der Waals surface area contributed by atoms with Gasteiger partial charge in [-0.25, -0.2) is 18.4 Å². The molecule has 1 aliphatic carbocycles. The molecule has 4 aromatic rings. The number of aromatic nitrogens is 2. The van der Waals surface area contributed by atoms with Crippen LogP contribution in [0.4, 0.5) is 11.6 Å². The Kier molecular flexibility index (Phi) is 5.64. The molecule has 8 heteroatoms. The molecule has 2 aromatic heterocycles. The number of sulfone groups is 1. The van der Waals surface area contributed by atoms with E-state index < -0.39 is 9.84 Å². The van der Waals surface area contributed by atoms with E-state index in [0.717, 1.165) is 52.2 Å². The Balaban J connectivity index is 1.46. The molecule has 6 nitrogen and oxygen atoms in total. The number of aryl methyl sites for hydroxylation is 2. The number of fused-ring (bicyclic) bond motifs is 3. The molecule has 0 bridgehead atoms. The first kappa shape index (κ1) is 21.6. The summed E-state index contributed by atoms with van der Waals surface area (Å²) in [6, 6.07) is 17.6. The SMILES string of the molecule is COc1cccc(-c2cc3c(s2)CCc2cnc(Nc4cccc(CS(C)(=O)=O)c4)nc2-3)c1. The second-order valence-corrected chi connectivity index (χ2v) is 11.4. The smallest absolute Gasteiger partial charge is 0.227 e. The van der Waals surface area contributed by atoms with Gasteiger partial charge < -0.3 is 10.1 Å². The van der Waals surface area contributed by atoms with Crippen LogP contribution in [-0.4, -0.2) is 31.8 Å². The topological polar surface area (TPSA) is 81.2 Å². The predicted octanol–water partition coefficient (Wildman–Crippen LogP) is 5.27. The van der Waals surface area contributed by atoms with Crippen molar-refractivity contribution >= 4 is 32.8 Å². The molecule has 0 saturated heterocycles. The number of ether oxygens (including phenoxy) is 1. The third-order valence-electron chi connectivity index (χ3n) is 5.52. The number of hydrogen-bond acceptors (Lipinski definition) is 7. The highest BCUT2D eigenvalue weighted by molar-refractivity contribution is 7.89. The predicted molar refractivity (Wildman–Crippen MR) is 133 cm³/mol. The van der Waals surface area contributed by atoms with Gasteiger partial charge in [-0.1, -0.05) is 24.3 Å². The maximum absolute atomic E-state index is 11.6. The van der Waals surface area contributed by atoms with Gasteiger partial charge in [0.2, 0.25) is 5.95 Å². The first-order valence-corrected chi connectivity index (χ1v) is 13.4. The van der Waals surface area contributed by atoms with Crippen molar-refractivity contribution in [2.45, 2.75) is 18.6 Å². The lowest BCUT2D eigenvalue weighted by molar-refractivity contribution is 0.415. The number of benzene rings is 2. The van der Waals surface area contributed by atoms with Crippen LogP contribution in [0.1, 0.15) is 16.0 Å². The van der Waals surface area contributed by atoms with Crippen molar-refractivity contribution in [3.63, 3.8) is 0 Å². The third kappa shape index (κ3) is 4.77. The number of methoxy groups -OCH3 is 1. The molecule has 168 valence electrons. The van der Waals surface area contributed by atoms with E-state index >= 15 is 0 Å². The number of rotatable bonds is 6. The fourth-order valence-electron chi connectivity index (χ4n) is 4.04. The van der Waals surface area contributed by atoms with E-state index in [1.54, 1.807) is 24.5 Å². The van der Waals surface area contributed by atoms with Crippen LogP contribution in [0.25, 0.3) is 21.7 Å². The van der Waals surface area contributed by atoms with Gasteiger partial charge in [-0.05, 0) is 59.9 Å². The monoisotopic (exact) mass is 477 g/mol. The van der Waals surface area contributed by atoms with Crippen molar-refractivity contribution in [3.8, 4) is 27.4 Å². The summed E-state index contributed by atoms with van der Waals surface area (Å²) in [6.07, 6.45) is 5.00. The summed E-state index contributed by atoms with van der Waals surface area (Å²) >= 11 is 1.79. The molecule has 0 radical (unpaired) electrons. The van der Waals surface area contributed by atoms with Gasteiger partial charge >= 0.3 is 0 Å². The molecule has 1 N–H and O–H groups in total. The molecule has 0 atom stereocenters. The van der Waals surface area contributed by atoms with Crippen molar-refractivity contribution in [2.24, 2.45) is 0 Å². The van der Waals surface area contributed by atoms with E-state index in [4.69, 9.17) is 9.72 Å². The molecular formula is C25H23N3O3S2. The molecule has 2 heterocycles. The lowest BCUT2D eigenvalue weighted by Crippen LogP contribution is -2.07. The maximum Gasteiger partial charge on any atom is 0.227 e. The lowest BCUT2D eigenvalue weighted by Gasteiger charge is -2.16. The molecule has 0 aliphatic heterocycles. The summed E-state index contributed by atoms with van der Waals surface area (Å²) < 4.78 is 28.7. The third-order valence-corrected chi connectivity index (χ3v) is 7.62. The van der Waals surface area contributed by atoms with Crippen molar-refractivity contribution in [1.29, 1.82) is 0 Å². The number of nitrogens with zero attached hydrogens (tertiary/aromatic N) is 2. The van der Waals surface area contributed by atoms with Crippen LogP contribution in [0.2, 0.25) is 0 Å². The highest BCUT2D eigenvalue weighted by atomic mass is 32.2. The molecule has 5 rings (SSSR count). The van der Waals surface area contributed by atoms with Gasteiger partial charge in [0.1, 0.15) is 5.75 Å². The Morgan fingerprint density at radius 2 is 1.94 bits per heavy atom. The molecule has 0 amide bonds. The van der Waals surface area contributed by atoms with Gasteiger partial charge in [-0.15, -0.1) is 11.3 Å². The lowest BCUT2D eigenvalue weighted by atomic mass is 9.96. The second-order valence-electron chi connectivity index (χ2n) is 8.14. The van der Waals surface area contributed by atoms with Gasteiger partial charge in [0.25, 0.3) is 0 Å². The second kappa shape index (κ2) is 8.61. The summed E-state index contributed by atoms with van der Waals surface area (Å²) in [5.41, 5.74) is 5.85. The van der Waals surface area contributed by atoms with Crippen LogP contribution in [0, 0.1) is 0 Å². The number of hydrogen-bond donors (Lipinski definition) is 1. The van der Waals surface area contributed by atoms with Gasteiger partial charge in [0.05, 0.1) is 18.6 Å². The van der Waals surface area contributed by atoms with Crippen molar-refractivity contribution in [1.82, 2.24) is 9.97 Å². The van der Waals surface area contributed by atoms with Gasteiger partial charge in [0, 0.05) is 33.5 Å². The quantitative estimate of drug-likeness (QED) is 0.408. The molecule has 0 unspecified atom stereocenters. The van der Waals surface area contributed by atoms with E-state index in [2.05, 4.69) is 28.5 Å². The van der Waals surface area contributed by atoms with Crippen LogP contribution in [0.15, 0.2) is 60.8 Å². The Labute approximate surface area is 197 Å². The van der Waals surface area contributed by atoms with E-state index in [1.165, 1.54) is 16.0 Å². The van der Waals surface area contributed by atoms with Crippen LogP contribution in [-0.2, 0) is 28.4 Å². The minimum atomic E-state index is -3.10. The zero-order valence-corrected chi connectivity index (χ0v) is 20.0. The Bertz CT molecular complexity index is 1450. The molecule has 0 fully saturated rings. The first-order chi connectivity index (χ1) is 15.9. The van der Waals surface area contributed by atoms with E-state index in [0.29, 0.717) is 5.95 Å². The fourth-order valence-corrected chi connectivity index (χ4v) is 5.98. The highest BCUT2D eigenvalue weighted by Crippen LogP contribution is 2.42. The summed E-state index contributed by atoms with van der Waals surface area (Å²) in [4.78, 5) is 11.8. The number of thiophene rings is 1. The van der Waals surface area contributed by atoms with Crippen LogP contribution in [0.3, 0.4) is 0 Å². The minimum Gasteiger partial charge on any atom is -0.497 e. The van der Waals surface area contributed by atoms with E-state index in [9.17, 15) is 8.42 Å². The van der Waals surface area contributed by atoms with Gasteiger partial charge in [-0.3, -0.25) is 0 Å². The zero-order chi connectivity index (χ0) is 23.0. The van der Waals surface area contributed by atoms with Crippen molar-refractivity contribution < 1.29 is 13.2 Å². The maximum atomic E-state index is 11.6. The van der Waals surface area contributed by atoms with Gasteiger partial charge in [-0.2, -0.15) is 0 Å². The minimum absolute atomic E-state index is 0.00111. The normalized spacial score (nSPS) is 12.7. The average molecular weight is 478 g/mol. The highest BCUT2D eigenvalue weighted by Gasteiger charge is 2.22. The molecule has 33 heavy (non-hydrogen) atoms. The Morgan fingerprint density at radius 1 is 1.09 bits per heavy atom. The Morgan fingerprint density at radius 3 is 2.76 bits per heavy atom. The van der Waals surface area contributed by atoms with E-state index in [1.807, 2.05) is 36.5 Å². The summed E-state index contributed by atoms with van der Waals surface area (Å²) in [5, 5.41) is 3.23.